The van der Waals surface area contributed by atoms with E-state index in [0.29, 0.717) is 16.8 Å². The molecule has 5 heteroatoms. The summed E-state index contributed by atoms with van der Waals surface area (Å²) in [6.07, 6.45) is 2.58. The molecule has 14 heavy (non-hydrogen) atoms. The Kier molecular flexibility index (Phi) is 5.23. The number of nitriles is 1. The molecule has 1 saturated heterocycles. The summed E-state index contributed by atoms with van der Waals surface area (Å²) in [6.45, 7) is 2.85. The molecular formula is C9H15N3S2. The van der Waals surface area contributed by atoms with Gasteiger partial charge in [-0.25, -0.2) is 0 Å². The summed E-state index contributed by atoms with van der Waals surface area (Å²) in [4.78, 5) is 2.15. The Hall–Kier alpha value is -0.310. The van der Waals surface area contributed by atoms with Crippen LogP contribution in [-0.4, -0.2) is 34.9 Å². The summed E-state index contributed by atoms with van der Waals surface area (Å²) >= 11 is 9.28. The predicted octanol–water partition coefficient (Wildman–Crippen LogP) is 1.17. The maximum absolute atomic E-state index is 8.45. The molecule has 1 rings (SSSR count). The van der Waals surface area contributed by atoms with Crippen LogP contribution in [0.25, 0.3) is 0 Å². The molecule has 1 unspecified atom stereocenters. The molecule has 0 bridgehead atoms. The molecule has 0 aromatic carbocycles. The molecule has 1 aliphatic rings. The van der Waals surface area contributed by atoms with Crippen LogP contribution in [0.5, 0.6) is 0 Å². The topological polar surface area (TPSA) is 39.1 Å². The minimum atomic E-state index is 0.419. The highest BCUT2D eigenvalue weighted by Crippen LogP contribution is 2.13. The van der Waals surface area contributed by atoms with Crippen molar-refractivity contribution < 1.29 is 0 Å². The molecule has 1 N–H and O–H groups in total. The summed E-state index contributed by atoms with van der Waals surface area (Å²) in [6, 6.07) is 2.58. The number of unbranched alkanes of at least 4 members (excludes halogenated alkanes) is 1. The fraction of sp³-hybridized carbons (Fsp3) is 0.778. The molecule has 0 aliphatic carbocycles. The number of hydrogen-bond acceptors (Lipinski definition) is 3. The average Bonchev–Trinajstić information content (AvgIpc) is 2.19. The molecule has 0 aromatic rings. The van der Waals surface area contributed by atoms with E-state index >= 15 is 0 Å². The van der Waals surface area contributed by atoms with Gasteiger partial charge < -0.3 is 10.2 Å². The van der Waals surface area contributed by atoms with Crippen molar-refractivity contribution in [2.75, 3.05) is 19.6 Å². The third kappa shape index (κ3) is 3.45. The van der Waals surface area contributed by atoms with Crippen LogP contribution in [-0.2, 0) is 0 Å². The first-order valence-corrected chi connectivity index (χ1v) is 5.68. The smallest absolute Gasteiger partial charge is 0.133 e. The van der Waals surface area contributed by atoms with Crippen molar-refractivity contribution in [3.8, 4) is 6.07 Å². The predicted molar refractivity (Wildman–Crippen MR) is 64.4 cm³/mol. The highest BCUT2D eigenvalue weighted by Gasteiger charge is 2.21. The van der Waals surface area contributed by atoms with Crippen LogP contribution in [0.4, 0.5) is 0 Å². The average molecular weight is 229 g/mol. The van der Waals surface area contributed by atoms with E-state index in [2.05, 4.69) is 28.9 Å². The molecular weight excluding hydrogens is 214 g/mol. The van der Waals surface area contributed by atoms with Gasteiger partial charge >= 0.3 is 0 Å². The van der Waals surface area contributed by atoms with Crippen LogP contribution in [0.15, 0.2) is 0 Å². The number of thiol groups is 1. The van der Waals surface area contributed by atoms with Crippen molar-refractivity contribution in [3.05, 3.63) is 0 Å². The fourth-order valence-electron chi connectivity index (χ4n) is 1.69. The first-order valence-electron chi connectivity index (χ1n) is 4.83. The van der Waals surface area contributed by atoms with Gasteiger partial charge in [-0.3, -0.25) is 0 Å². The van der Waals surface area contributed by atoms with Gasteiger partial charge in [0, 0.05) is 32.1 Å². The third-order valence-corrected chi connectivity index (χ3v) is 2.91. The molecule has 0 radical (unpaired) electrons. The zero-order valence-electron chi connectivity index (χ0n) is 8.07. The molecule has 0 saturated carbocycles. The second-order valence-corrected chi connectivity index (χ2v) is 4.50. The van der Waals surface area contributed by atoms with Crippen molar-refractivity contribution in [2.24, 2.45) is 0 Å². The number of thiocarbonyl (C=S) groups is 1. The maximum Gasteiger partial charge on any atom is 0.133 e. The van der Waals surface area contributed by atoms with E-state index in [1.807, 2.05) is 0 Å². The van der Waals surface area contributed by atoms with Gasteiger partial charge in [-0.15, -0.1) is 12.6 Å². The van der Waals surface area contributed by atoms with Gasteiger partial charge in [0.2, 0.25) is 0 Å². The minimum absolute atomic E-state index is 0.419. The maximum atomic E-state index is 8.45. The Balaban J connectivity index is 2.38. The molecule has 1 heterocycles. The summed E-state index contributed by atoms with van der Waals surface area (Å²) < 4.78 is 0.674. The number of hydrogen-bond donors (Lipinski definition) is 2. The summed E-state index contributed by atoms with van der Waals surface area (Å²) in [5, 5.41) is 11.8. The van der Waals surface area contributed by atoms with E-state index in [0.717, 1.165) is 32.5 Å². The van der Waals surface area contributed by atoms with Crippen molar-refractivity contribution in [3.63, 3.8) is 0 Å². The Morgan fingerprint density at radius 2 is 2.50 bits per heavy atom. The van der Waals surface area contributed by atoms with E-state index in [4.69, 9.17) is 17.5 Å². The zero-order chi connectivity index (χ0) is 10.4. The van der Waals surface area contributed by atoms with Crippen molar-refractivity contribution in [1.29, 1.82) is 5.26 Å². The van der Waals surface area contributed by atoms with Gasteiger partial charge in [-0.2, -0.15) is 5.26 Å². The standard InChI is InChI=1S/C9H15N3S2/c10-4-2-1-3-8-7-11-5-6-12(8)9(13)14/h8,11H,1-3,5-7H2,(H,13,14). The Morgan fingerprint density at radius 1 is 1.71 bits per heavy atom. The van der Waals surface area contributed by atoms with E-state index < -0.39 is 0 Å². The highest BCUT2D eigenvalue weighted by atomic mass is 32.1. The Labute approximate surface area is 95.9 Å². The monoisotopic (exact) mass is 229 g/mol. The number of rotatable bonds is 3. The number of piperazine rings is 1. The molecule has 1 fully saturated rings. The first-order chi connectivity index (χ1) is 6.75. The second kappa shape index (κ2) is 6.23. The highest BCUT2D eigenvalue weighted by molar-refractivity contribution is 8.10. The molecule has 0 aromatic heterocycles. The zero-order valence-corrected chi connectivity index (χ0v) is 9.78. The van der Waals surface area contributed by atoms with Crippen LogP contribution in [0.3, 0.4) is 0 Å². The van der Waals surface area contributed by atoms with E-state index in [1.165, 1.54) is 0 Å². The van der Waals surface area contributed by atoms with E-state index in [1.54, 1.807) is 0 Å². The SMILES string of the molecule is N#CCCCC1CNCCN1C(=S)S. The minimum Gasteiger partial charge on any atom is -0.352 e. The lowest BCUT2D eigenvalue weighted by Crippen LogP contribution is -2.52. The molecule has 0 amide bonds. The number of nitrogens with one attached hydrogen (secondary N) is 1. The van der Waals surface area contributed by atoms with Crippen LogP contribution in [0, 0.1) is 11.3 Å². The fourth-order valence-corrected chi connectivity index (χ4v) is 2.19. The van der Waals surface area contributed by atoms with Gasteiger partial charge in [0.25, 0.3) is 0 Å². The van der Waals surface area contributed by atoms with Crippen LogP contribution >= 0.6 is 24.8 Å². The lowest BCUT2D eigenvalue weighted by molar-refractivity contribution is 0.250. The summed E-state index contributed by atoms with van der Waals surface area (Å²) in [5.41, 5.74) is 0. The molecule has 3 nitrogen and oxygen atoms in total. The summed E-state index contributed by atoms with van der Waals surface area (Å²) in [7, 11) is 0. The van der Waals surface area contributed by atoms with Crippen LogP contribution in [0.2, 0.25) is 0 Å². The van der Waals surface area contributed by atoms with Crippen LogP contribution < -0.4 is 5.32 Å². The van der Waals surface area contributed by atoms with Crippen LogP contribution in [0.1, 0.15) is 19.3 Å². The molecule has 1 atom stereocenters. The second-order valence-electron chi connectivity index (χ2n) is 3.38. The quantitative estimate of drug-likeness (QED) is 0.433. The molecule has 0 spiro atoms. The lowest BCUT2D eigenvalue weighted by Gasteiger charge is -2.36. The Bertz CT molecular complexity index is 237. The van der Waals surface area contributed by atoms with Gasteiger partial charge in [0.1, 0.15) is 4.32 Å². The molecule has 78 valence electrons. The first kappa shape index (κ1) is 11.8. The van der Waals surface area contributed by atoms with E-state index in [9.17, 15) is 0 Å². The van der Waals surface area contributed by atoms with Gasteiger partial charge in [-0.1, -0.05) is 12.2 Å². The number of nitrogens with zero attached hydrogens (tertiary/aromatic N) is 2. The van der Waals surface area contributed by atoms with Gasteiger partial charge in [0.15, 0.2) is 0 Å². The summed E-state index contributed by atoms with van der Waals surface area (Å²) in [5.74, 6) is 0. The van der Waals surface area contributed by atoms with Gasteiger partial charge in [-0.05, 0) is 12.8 Å². The third-order valence-electron chi connectivity index (χ3n) is 2.42. The lowest BCUT2D eigenvalue weighted by atomic mass is 10.1. The normalized spacial score (nSPS) is 21.7. The van der Waals surface area contributed by atoms with Crippen molar-refractivity contribution >= 4 is 29.2 Å². The molecule has 1 aliphatic heterocycles. The Morgan fingerprint density at radius 3 is 3.14 bits per heavy atom. The van der Waals surface area contributed by atoms with Crippen molar-refractivity contribution in [1.82, 2.24) is 10.2 Å². The van der Waals surface area contributed by atoms with E-state index in [-0.39, 0.29) is 0 Å². The largest absolute Gasteiger partial charge is 0.352 e. The van der Waals surface area contributed by atoms with Crippen molar-refractivity contribution in [2.45, 2.75) is 25.3 Å². The van der Waals surface area contributed by atoms with Gasteiger partial charge in [0.05, 0.1) is 6.07 Å².